The van der Waals surface area contributed by atoms with Crippen molar-refractivity contribution in [2.75, 3.05) is 19.6 Å². The topological polar surface area (TPSA) is 52.6 Å². The summed E-state index contributed by atoms with van der Waals surface area (Å²) in [6.45, 7) is 11.3. The first-order valence-corrected chi connectivity index (χ1v) is 7.10. The predicted molar refractivity (Wildman–Crippen MR) is 73.7 cm³/mol. The minimum absolute atomic E-state index is 0.224. The molecular weight excluding hydrogens is 228 g/mol. The lowest BCUT2D eigenvalue weighted by Crippen LogP contribution is -2.53. The summed E-state index contributed by atoms with van der Waals surface area (Å²) in [7, 11) is 0. The van der Waals surface area contributed by atoms with Gasteiger partial charge in [-0.2, -0.15) is 0 Å². The van der Waals surface area contributed by atoms with Crippen molar-refractivity contribution in [3.63, 3.8) is 0 Å². The molecule has 1 aliphatic rings. The quantitative estimate of drug-likeness (QED) is 0.761. The molecule has 1 rings (SSSR count). The fourth-order valence-electron chi connectivity index (χ4n) is 2.46. The van der Waals surface area contributed by atoms with Gasteiger partial charge >= 0.3 is 5.97 Å². The maximum absolute atomic E-state index is 11.2. The Kier molecular flexibility index (Phi) is 6.09. The van der Waals surface area contributed by atoms with E-state index in [1.165, 1.54) is 0 Å². The third-order valence-corrected chi connectivity index (χ3v) is 3.71. The average Bonchev–Trinajstić information content (AvgIpc) is 2.28. The van der Waals surface area contributed by atoms with E-state index in [4.69, 9.17) is 0 Å². The average molecular weight is 256 g/mol. The van der Waals surface area contributed by atoms with Crippen molar-refractivity contribution >= 4 is 5.97 Å². The molecule has 0 aromatic rings. The van der Waals surface area contributed by atoms with Crippen LogP contribution < -0.4 is 5.32 Å². The van der Waals surface area contributed by atoms with Crippen molar-refractivity contribution in [3.05, 3.63) is 0 Å². The van der Waals surface area contributed by atoms with E-state index in [-0.39, 0.29) is 5.92 Å². The first-order chi connectivity index (χ1) is 8.40. The molecule has 4 heteroatoms. The van der Waals surface area contributed by atoms with E-state index in [0.717, 1.165) is 25.9 Å². The minimum Gasteiger partial charge on any atom is -0.481 e. The summed E-state index contributed by atoms with van der Waals surface area (Å²) in [5.74, 6) is -0.189. The Morgan fingerprint density at radius 3 is 2.50 bits per heavy atom. The van der Waals surface area contributed by atoms with E-state index in [1.807, 2.05) is 0 Å². The fourth-order valence-corrected chi connectivity index (χ4v) is 2.46. The van der Waals surface area contributed by atoms with E-state index in [9.17, 15) is 9.90 Å². The monoisotopic (exact) mass is 256 g/mol. The molecule has 1 saturated heterocycles. The Balaban J connectivity index is 2.48. The largest absolute Gasteiger partial charge is 0.481 e. The fraction of sp³-hybridized carbons (Fsp3) is 0.929. The standard InChI is InChI=1S/C14H28N2O2/c1-10(2)5-6-15-13-7-12(14(17)18)8-16(9-13)11(3)4/h10-13,15H,5-9H2,1-4H3,(H,17,18). The molecule has 0 saturated carbocycles. The van der Waals surface area contributed by atoms with Gasteiger partial charge in [0.15, 0.2) is 0 Å². The zero-order valence-electron chi connectivity index (χ0n) is 12.1. The molecule has 1 fully saturated rings. The van der Waals surface area contributed by atoms with Crippen LogP contribution in [0.5, 0.6) is 0 Å². The third-order valence-electron chi connectivity index (χ3n) is 3.71. The number of nitrogens with one attached hydrogen (secondary N) is 1. The molecule has 0 aromatic heterocycles. The molecule has 0 bridgehead atoms. The maximum atomic E-state index is 11.2. The molecule has 0 aliphatic carbocycles. The zero-order valence-corrected chi connectivity index (χ0v) is 12.1. The number of aliphatic carboxylic acids is 1. The van der Waals surface area contributed by atoms with Gasteiger partial charge in [0.05, 0.1) is 5.92 Å². The molecule has 0 amide bonds. The number of likely N-dealkylation sites (tertiary alicyclic amines) is 1. The summed E-state index contributed by atoms with van der Waals surface area (Å²) in [5.41, 5.74) is 0. The third kappa shape index (κ3) is 4.94. The molecule has 4 nitrogen and oxygen atoms in total. The number of carboxylic acid groups (broad SMARTS) is 1. The first kappa shape index (κ1) is 15.4. The molecule has 106 valence electrons. The van der Waals surface area contributed by atoms with Gasteiger partial charge in [0.25, 0.3) is 0 Å². The number of piperidine rings is 1. The lowest BCUT2D eigenvalue weighted by Gasteiger charge is -2.39. The van der Waals surface area contributed by atoms with Gasteiger partial charge in [-0.3, -0.25) is 9.69 Å². The van der Waals surface area contributed by atoms with E-state index in [2.05, 4.69) is 37.9 Å². The molecule has 2 atom stereocenters. The highest BCUT2D eigenvalue weighted by atomic mass is 16.4. The molecule has 0 spiro atoms. The molecule has 1 heterocycles. The number of nitrogens with zero attached hydrogens (tertiary/aromatic N) is 1. The minimum atomic E-state index is -0.656. The number of hydrogen-bond donors (Lipinski definition) is 2. The molecule has 18 heavy (non-hydrogen) atoms. The van der Waals surface area contributed by atoms with E-state index in [1.54, 1.807) is 0 Å². The van der Waals surface area contributed by atoms with Crippen LogP contribution in [-0.4, -0.2) is 47.7 Å². The summed E-state index contributed by atoms with van der Waals surface area (Å²) in [6.07, 6.45) is 1.91. The molecule has 0 aromatic carbocycles. The first-order valence-electron chi connectivity index (χ1n) is 7.10. The summed E-state index contributed by atoms with van der Waals surface area (Å²) >= 11 is 0. The lowest BCUT2D eigenvalue weighted by atomic mass is 9.93. The summed E-state index contributed by atoms with van der Waals surface area (Å²) in [5, 5.41) is 12.7. The second-order valence-electron chi connectivity index (χ2n) is 6.15. The lowest BCUT2D eigenvalue weighted by molar-refractivity contribution is -0.144. The van der Waals surface area contributed by atoms with Crippen LogP contribution in [0, 0.1) is 11.8 Å². The van der Waals surface area contributed by atoms with Crippen molar-refractivity contribution in [2.45, 2.75) is 52.6 Å². The van der Waals surface area contributed by atoms with Crippen LogP contribution in [0.15, 0.2) is 0 Å². The maximum Gasteiger partial charge on any atom is 0.307 e. The Hall–Kier alpha value is -0.610. The highest BCUT2D eigenvalue weighted by Gasteiger charge is 2.32. The van der Waals surface area contributed by atoms with E-state index < -0.39 is 5.97 Å². The van der Waals surface area contributed by atoms with Gasteiger partial charge in [-0.25, -0.2) is 0 Å². The van der Waals surface area contributed by atoms with Gasteiger partial charge in [0, 0.05) is 25.2 Å². The van der Waals surface area contributed by atoms with Crippen LogP contribution in [0.3, 0.4) is 0 Å². The molecule has 0 radical (unpaired) electrons. The summed E-state index contributed by atoms with van der Waals surface area (Å²) < 4.78 is 0. The molecule has 1 aliphatic heterocycles. The van der Waals surface area contributed by atoms with E-state index in [0.29, 0.717) is 24.5 Å². The van der Waals surface area contributed by atoms with Crippen LogP contribution in [0.4, 0.5) is 0 Å². The Bertz CT molecular complexity index is 267. The van der Waals surface area contributed by atoms with Gasteiger partial charge in [-0.05, 0) is 39.2 Å². The van der Waals surface area contributed by atoms with Crippen molar-refractivity contribution < 1.29 is 9.90 Å². The van der Waals surface area contributed by atoms with Gasteiger partial charge < -0.3 is 10.4 Å². The van der Waals surface area contributed by atoms with Crippen molar-refractivity contribution in [1.29, 1.82) is 0 Å². The highest BCUT2D eigenvalue weighted by molar-refractivity contribution is 5.70. The van der Waals surface area contributed by atoms with E-state index >= 15 is 0 Å². The van der Waals surface area contributed by atoms with Gasteiger partial charge in [0.1, 0.15) is 0 Å². The number of rotatable bonds is 6. The second kappa shape index (κ2) is 7.10. The van der Waals surface area contributed by atoms with Gasteiger partial charge in [-0.15, -0.1) is 0 Å². The molecular formula is C14H28N2O2. The predicted octanol–water partition coefficient (Wildman–Crippen LogP) is 1.81. The number of carbonyl (C=O) groups is 1. The van der Waals surface area contributed by atoms with Gasteiger partial charge in [-0.1, -0.05) is 13.8 Å². The van der Waals surface area contributed by atoms with Crippen LogP contribution in [0.2, 0.25) is 0 Å². The van der Waals surface area contributed by atoms with Crippen LogP contribution in [0.1, 0.15) is 40.5 Å². The normalized spacial score (nSPS) is 25.9. The number of carboxylic acids is 1. The Morgan fingerprint density at radius 2 is 2.00 bits per heavy atom. The highest BCUT2D eigenvalue weighted by Crippen LogP contribution is 2.19. The summed E-state index contributed by atoms with van der Waals surface area (Å²) in [4.78, 5) is 13.5. The number of hydrogen-bond acceptors (Lipinski definition) is 3. The molecule has 2 N–H and O–H groups in total. The van der Waals surface area contributed by atoms with Crippen molar-refractivity contribution in [1.82, 2.24) is 10.2 Å². The summed E-state index contributed by atoms with van der Waals surface area (Å²) in [6, 6.07) is 0.738. The SMILES string of the molecule is CC(C)CCNC1CC(C(=O)O)CN(C(C)C)C1. The van der Waals surface area contributed by atoms with Crippen molar-refractivity contribution in [3.8, 4) is 0 Å². The second-order valence-corrected chi connectivity index (χ2v) is 6.15. The van der Waals surface area contributed by atoms with Crippen LogP contribution >= 0.6 is 0 Å². The Labute approximate surface area is 111 Å². The van der Waals surface area contributed by atoms with Crippen LogP contribution in [-0.2, 0) is 4.79 Å². The van der Waals surface area contributed by atoms with Gasteiger partial charge in [0.2, 0.25) is 0 Å². The Morgan fingerprint density at radius 1 is 1.33 bits per heavy atom. The smallest absolute Gasteiger partial charge is 0.307 e. The van der Waals surface area contributed by atoms with Crippen molar-refractivity contribution in [2.24, 2.45) is 11.8 Å². The molecule has 2 unspecified atom stereocenters. The zero-order chi connectivity index (χ0) is 13.7. The van der Waals surface area contributed by atoms with Crippen LogP contribution in [0.25, 0.3) is 0 Å².